The molecule has 104 valence electrons. The van der Waals surface area contributed by atoms with Crippen molar-refractivity contribution in [2.24, 2.45) is 0 Å². The van der Waals surface area contributed by atoms with Gasteiger partial charge >= 0.3 is 0 Å². The zero-order valence-electron chi connectivity index (χ0n) is 10.7. The summed E-state index contributed by atoms with van der Waals surface area (Å²) in [6, 6.07) is 6.05. The monoisotopic (exact) mass is 305 g/mol. The number of thiophene rings is 2. The molecule has 6 heteroatoms. The average molecular weight is 305 g/mol. The van der Waals surface area contributed by atoms with Crippen LogP contribution in [0.4, 0.5) is 0 Å². The van der Waals surface area contributed by atoms with E-state index in [4.69, 9.17) is 0 Å². The molecule has 0 radical (unpaired) electrons. The van der Waals surface area contributed by atoms with E-state index in [0.29, 0.717) is 13.1 Å². The van der Waals surface area contributed by atoms with Gasteiger partial charge in [-0.15, -0.1) is 11.3 Å². The second-order valence-electron chi connectivity index (χ2n) is 4.45. The Balaban J connectivity index is 1.58. The Morgan fingerprint density at radius 1 is 1.35 bits per heavy atom. The van der Waals surface area contributed by atoms with E-state index >= 15 is 0 Å². The van der Waals surface area contributed by atoms with Crippen molar-refractivity contribution in [2.45, 2.75) is 12.6 Å². The molecule has 0 fully saturated rings. The molecule has 0 saturated heterocycles. The maximum Gasteiger partial charge on any atom is 0.0922 e. The maximum absolute atomic E-state index is 10.0. The molecule has 3 rings (SSSR count). The van der Waals surface area contributed by atoms with Gasteiger partial charge in [0.25, 0.3) is 0 Å². The smallest absolute Gasteiger partial charge is 0.0922 e. The van der Waals surface area contributed by atoms with Crippen LogP contribution in [0.1, 0.15) is 17.2 Å². The Morgan fingerprint density at radius 2 is 2.30 bits per heavy atom. The number of hydrogen-bond acceptors (Lipinski definition) is 5. The van der Waals surface area contributed by atoms with Gasteiger partial charge in [-0.05, 0) is 33.8 Å². The third-order valence-corrected chi connectivity index (χ3v) is 4.66. The second kappa shape index (κ2) is 6.32. The Morgan fingerprint density at radius 3 is 3.05 bits per heavy atom. The fourth-order valence-electron chi connectivity index (χ4n) is 2.01. The van der Waals surface area contributed by atoms with Gasteiger partial charge < -0.3 is 10.4 Å². The lowest BCUT2D eigenvalue weighted by atomic mass is 10.2. The predicted molar refractivity (Wildman–Crippen MR) is 82.9 cm³/mol. The molecule has 1 atom stereocenters. The third kappa shape index (κ3) is 2.99. The summed E-state index contributed by atoms with van der Waals surface area (Å²) in [6.45, 7) is 1.22. The third-order valence-electron chi connectivity index (χ3n) is 3.07. The number of H-pyrrole nitrogens is 1. The molecular weight excluding hydrogens is 290 g/mol. The van der Waals surface area contributed by atoms with Crippen LogP contribution in [-0.4, -0.2) is 21.8 Å². The lowest BCUT2D eigenvalue weighted by Gasteiger charge is -2.10. The molecule has 0 aliphatic heterocycles. The van der Waals surface area contributed by atoms with Crippen molar-refractivity contribution in [3.63, 3.8) is 0 Å². The largest absolute Gasteiger partial charge is 0.387 e. The summed E-state index contributed by atoms with van der Waals surface area (Å²) >= 11 is 3.28. The number of nitrogens with zero attached hydrogens (tertiary/aromatic N) is 1. The lowest BCUT2D eigenvalue weighted by Crippen LogP contribution is -2.20. The molecule has 0 saturated carbocycles. The molecule has 0 bridgehead atoms. The van der Waals surface area contributed by atoms with Crippen LogP contribution in [0.25, 0.3) is 10.6 Å². The molecule has 0 aliphatic carbocycles. The van der Waals surface area contributed by atoms with Crippen molar-refractivity contribution < 1.29 is 5.11 Å². The summed E-state index contributed by atoms with van der Waals surface area (Å²) in [5, 5.41) is 26.4. The van der Waals surface area contributed by atoms with Crippen LogP contribution in [0.3, 0.4) is 0 Å². The van der Waals surface area contributed by atoms with Crippen LogP contribution in [0, 0.1) is 0 Å². The summed E-state index contributed by atoms with van der Waals surface area (Å²) in [4.78, 5) is 1.18. The summed E-state index contributed by atoms with van der Waals surface area (Å²) < 4.78 is 0. The van der Waals surface area contributed by atoms with E-state index in [1.54, 1.807) is 22.7 Å². The van der Waals surface area contributed by atoms with Crippen LogP contribution in [-0.2, 0) is 6.54 Å². The maximum atomic E-state index is 10.0. The van der Waals surface area contributed by atoms with E-state index in [9.17, 15) is 5.11 Å². The Hall–Kier alpha value is -1.47. The molecule has 3 aromatic heterocycles. The van der Waals surface area contributed by atoms with Crippen LogP contribution in [0.5, 0.6) is 0 Å². The Bertz CT molecular complexity index is 631. The summed E-state index contributed by atoms with van der Waals surface area (Å²) in [7, 11) is 0. The van der Waals surface area contributed by atoms with Crippen LogP contribution in [0.2, 0.25) is 0 Å². The van der Waals surface area contributed by atoms with Gasteiger partial charge in [0, 0.05) is 18.7 Å². The molecule has 4 nitrogen and oxygen atoms in total. The summed E-state index contributed by atoms with van der Waals surface area (Å²) in [5.74, 6) is 0. The minimum Gasteiger partial charge on any atom is -0.387 e. The number of aliphatic hydroxyl groups excluding tert-OH is 1. The Kier molecular flexibility index (Phi) is 4.27. The van der Waals surface area contributed by atoms with Crippen molar-refractivity contribution in [3.8, 4) is 10.6 Å². The second-order valence-corrected chi connectivity index (χ2v) is 6.18. The highest BCUT2D eigenvalue weighted by atomic mass is 32.1. The molecule has 3 heterocycles. The first kappa shape index (κ1) is 13.5. The fraction of sp³-hybridized carbons (Fsp3) is 0.214. The molecule has 1 unspecified atom stereocenters. The van der Waals surface area contributed by atoms with E-state index in [2.05, 4.69) is 21.6 Å². The van der Waals surface area contributed by atoms with E-state index < -0.39 is 6.10 Å². The number of aromatic amines is 1. The quantitative estimate of drug-likeness (QED) is 0.656. The van der Waals surface area contributed by atoms with E-state index in [-0.39, 0.29) is 0 Å². The van der Waals surface area contributed by atoms with Gasteiger partial charge in [-0.3, -0.25) is 5.10 Å². The van der Waals surface area contributed by atoms with Gasteiger partial charge in [0.2, 0.25) is 0 Å². The van der Waals surface area contributed by atoms with Gasteiger partial charge in [-0.25, -0.2) is 0 Å². The number of aromatic nitrogens is 2. The molecule has 0 aromatic carbocycles. The standard InChI is InChI=1S/C14H15N3OS2/c18-12(10-3-5-19-9-10)8-15-6-11-7-16-17-14(11)13-2-1-4-20-13/h1-5,7,9,12,15,18H,6,8H2,(H,16,17). The number of nitrogens with one attached hydrogen (secondary N) is 2. The molecule has 0 spiro atoms. The number of rotatable bonds is 6. The van der Waals surface area contributed by atoms with E-state index in [1.807, 2.05) is 34.5 Å². The number of aliphatic hydroxyl groups is 1. The van der Waals surface area contributed by atoms with Crippen molar-refractivity contribution in [1.29, 1.82) is 0 Å². The van der Waals surface area contributed by atoms with Crippen LogP contribution < -0.4 is 5.32 Å². The minimum absolute atomic E-state index is 0.460. The average Bonchev–Trinajstić information content (AvgIpc) is 3.20. The first-order valence-electron chi connectivity index (χ1n) is 6.31. The predicted octanol–water partition coefficient (Wildman–Crippen LogP) is 3.02. The summed E-state index contributed by atoms with van der Waals surface area (Å²) in [5.41, 5.74) is 3.13. The van der Waals surface area contributed by atoms with Gasteiger partial charge in [-0.1, -0.05) is 6.07 Å². The fourth-order valence-corrected chi connectivity index (χ4v) is 3.47. The van der Waals surface area contributed by atoms with Crippen molar-refractivity contribution >= 4 is 22.7 Å². The molecule has 0 amide bonds. The molecular formula is C14H15N3OS2. The van der Waals surface area contributed by atoms with Crippen molar-refractivity contribution in [1.82, 2.24) is 15.5 Å². The molecule has 0 aliphatic rings. The zero-order chi connectivity index (χ0) is 13.8. The number of hydrogen-bond donors (Lipinski definition) is 3. The zero-order valence-corrected chi connectivity index (χ0v) is 12.4. The van der Waals surface area contributed by atoms with E-state index in [0.717, 1.165) is 16.8 Å². The molecule has 3 aromatic rings. The normalized spacial score (nSPS) is 12.7. The van der Waals surface area contributed by atoms with Crippen LogP contribution >= 0.6 is 22.7 Å². The van der Waals surface area contributed by atoms with Gasteiger partial charge in [-0.2, -0.15) is 16.4 Å². The highest BCUT2D eigenvalue weighted by molar-refractivity contribution is 7.13. The van der Waals surface area contributed by atoms with Gasteiger partial charge in [0.1, 0.15) is 0 Å². The van der Waals surface area contributed by atoms with Crippen molar-refractivity contribution in [2.75, 3.05) is 6.54 Å². The van der Waals surface area contributed by atoms with Gasteiger partial charge in [0.15, 0.2) is 0 Å². The van der Waals surface area contributed by atoms with Gasteiger partial charge in [0.05, 0.1) is 22.9 Å². The van der Waals surface area contributed by atoms with Crippen molar-refractivity contribution in [3.05, 3.63) is 51.7 Å². The highest BCUT2D eigenvalue weighted by Gasteiger charge is 2.10. The SMILES string of the molecule is OC(CNCc1cn[nH]c1-c1cccs1)c1ccsc1. The summed E-state index contributed by atoms with van der Waals surface area (Å²) in [6.07, 6.45) is 1.37. The highest BCUT2D eigenvalue weighted by Crippen LogP contribution is 2.25. The topological polar surface area (TPSA) is 60.9 Å². The Labute approximate surface area is 125 Å². The first-order valence-corrected chi connectivity index (χ1v) is 8.14. The lowest BCUT2D eigenvalue weighted by molar-refractivity contribution is 0.175. The minimum atomic E-state index is -0.460. The van der Waals surface area contributed by atoms with Crippen LogP contribution in [0.15, 0.2) is 40.5 Å². The first-order chi connectivity index (χ1) is 9.84. The molecule has 3 N–H and O–H groups in total. The molecule has 20 heavy (non-hydrogen) atoms. The van der Waals surface area contributed by atoms with E-state index in [1.165, 1.54) is 4.88 Å².